The second-order valence-corrected chi connectivity index (χ2v) is 3.68. The van der Waals surface area contributed by atoms with Gasteiger partial charge in [-0.25, -0.2) is 4.79 Å². The summed E-state index contributed by atoms with van der Waals surface area (Å²) in [7, 11) is 1.94. The van der Waals surface area contributed by atoms with Crippen LogP contribution in [0.25, 0.3) is 11.1 Å². The zero-order chi connectivity index (χ0) is 10.8. The fraction of sp³-hybridized carbons (Fsp3) is 0.300. The zero-order valence-corrected chi connectivity index (χ0v) is 9.04. The van der Waals surface area contributed by atoms with E-state index >= 15 is 0 Å². The number of anilines is 1. The highest BCUT2D eigenvalue weighted by molar-refractivity contribution is 6.18. The van der Waals surface area contributed by atoms with E-state index in [1.54, 1.807) is 0 Å². The summed E-state index contributed by atoms with van der Waals surface area (Å²) in [4.78, 5) is 15.5. The Balaban J connectivity index is 2.41. The first-order valence-corrected chi connectivity index (χ1v) is 5.14. The Kier molecular flexibility index (Phi) is 2.68. The predicted octanol–water partition coefficient (Wildman–Crippen LogP) is 1.80. The number of nitrogens with one attached hydrogen (secondary N) is 1. The van der Waals surface area contributed by atoms with E-state index in [0.29, 0.717) is 17.0 Å². The molecule has 80 valence electrons. The van der Waals surface area contributed by atoms with Gasteiger partial charge in [0.1, 0.15) is 0 Å². The van der Waals surface area contributed by atoms with Crippen molar-refractivity contribution in [2.75, 3.05) is 24.4 Å². The van der Waals surface area contributed by atoms with E-state index in [0.717, 1.165) is 12.2 Å². The molecule has 0 radical (unpaired) electrons. The van der Waals surface area contributed by atoms with Crippen LogP contribution < -0.4 is 10.7 Å². The van der Waals surface area contributed by atoms with Crippen molar-refractivity contribution >= 4 is 28.4 Å². The maximum Gasteiger partial charge on any atom is 0.417 e. The summed E-state index contributed by atoms with van der Waals surface area (Å²) < 4.78 is 4.97. The van der Waals surface area contributed by atoms with Gasteiger partial charge in [-0.3, -0.25) is 4.98 Å². The second-order valence-electron chi connectivity index (χ2n) is 3.31. The number of halogens is 1. The lowest BCUT2D eigenvalue weighted by Gasteiger charge is -2.17. The third kappa shape index (κ3) is 1.99. The quantitative estimate of drug-likeness (QED) is 0.812. The predicted molar refractivity (Wildman–Crippen MR) is 60.8 cm³/mol. The number of fused-ring (bicyclic) bond motifs is 1. The highest BCUT2D eigenvalue weighted by atomic mass is 35.5. The molecule has 0 spiro atoms. The van der Waals surface area contributed by atoms with Crippen molar-refractivity contribution in [3.05, 3.63) is 28.7 Å². The first-order valence-electron chi connectivity index (χ1n) is 4.60. The standard InChI is InChI=1S/C10H11ClN2O2/c1-13(5-4-11)7-2-3-8-9(6-7)15-10(14)12-8/h2-3,6H,4-5H2,1H3,(H,12,14). The van der Waals surface area contributed by atoms with Crippen LogP contribution in [0.1, 0.15) is 0 Å². The number of alkyl halides is 1. The van der Waals surface area contributed by atoms with Crippen LogP contribution in [-0.4, -0.2) is 24.5 Å². The molecule has 0 fully saturated rings. The van der Waals surface area contributed by atoms with Crippen molar-refractivity contribution < 1.29 is 4.42 Å². The lowest BCUT2D eigenvalue weighted by atomic mass is 10.2. The number of hydrogen-bond acceptors (Lipinski definition) is 3. The van der Waals surface area contributed by atoms with E-state index in [1.165, 1.54) is 0 Å². The van der Waals surface area contributed by atoms with Crippen molar-refractivity contribution in [3.63, 3.8) is 0 Å². The third-order valence-corrected chi connectivity index (χ3v) is 2.43. The highest BCUT2D eigenvalue weighted by Gasteiger charge is 2.04. The van der Waals surface area contributed by atoms with Gasteiger partial charge in [0, 0.05) is 31.2 Å². The Morgan fingerprint density at radius 2 is 2.33 bits per heavy atom. The van der Waals surface area contributed by atoms with Crippen LogP contribution >= 0.6 is 11.6 Å². The lowest BCUT2D eigenvalue weighted by Crippen LogP contribution is -2.19. The minimum Gasteiger partial charge on any atom is -0.408 e. The van der Waals surface area contributed by atoms with Crippen molar-refractivity contribution in [1.82, 2.24) is 4.98 Å². The van der Waals surface area contributed by atoms with Crippen molar-refractivity contribution in [2.24, 2.45) is 0 Å². The van der Waals surface area contributed by atoms with E-state index < -0.39 is 5.76 Å². The monoisotopic (exact) mass is 226 g/mol. The minimum absolute atomic E-state index is 0.429. The van der Waals surface area contributed by atoms with Crippen molar-refractivity contribution in [1.29, 1.82) is 0 Å². The number of rotatable bonds is 3. The summed E-state index contributed by atoms with van der Waals surface area (Å²) in [5.41, 5.74) is 2.26. The largest absolute Gasteiger partial charge is 0.417 e. The molecule has 2 aromatic rings. The molecular formula is C10H11ClN2O2. The first kappa shape index (κ1) is 10.1. The number of hydrogen-bond donors (Lipinski definition) is 1. The number of aromatic nitrogens is 1. The number of nitrogens with zero attached hydrogens (tertiary/aromatic N) is 1. The van der Waals surface area contributed by atoms with Gasteiger partial charge in [-0.2, -0.15) is 0 Å². The van der Waals surface area contributed by atoms with E-state index in [9.17, 15) is 4.79 Å². The first-order chi connectivity index (χ1) is 7.20. The Labute approximate surface area is 91.4 Å². The molecule has 15 heavy (non-hydrogen) atoms. The maximum atomic E-state index is 10.9. The van der Waals surface area contributed by atoms with Crippen LogP contribution in [0.2, 0.25) is 0 Å². The average molecular weight is 227 g/mol. The Hall–Kier alpha value is -1.42. The van der Waals surface area contributed by atoms with Gasteiger partial charge in [0.2, 0.25) is 0 Å². The summed E-state index contributed by atoms with van der Waals surface area (Å²) >= 11 is 5.65. The molecule has 0 aliphatic carbocycles. The summed E-state index contributed by atoms with van der Waals surface area (Å²) in [5, 5.41) is 0. The normalized spacial score (nSPS) is 10.8. The van der Waals surface area contributed by atoms with E-state index in [1.807, 2.05) is 30.1 Å². The lowest BCUT2D eigenvalue weighted by molar-refractivity contribution is 0.555. The van der Waals surface area contributed by atoms with Gasteiger partial charge in [0.15, 0.2) is 5.58 Å². The summed E-state index contributed by atoms with van der Waals surface area (Å²) in [5.74, 6) is 0.133. The van der Waals surface area contributed by atoms with Gasteiger partial charge in [-0.15, -0.1) is 11.6 Å². The second kappa shape index (κ2) is 3.98. The fourth-order valence-corrected chi connectivity index (χ4v) is 1.68. The molecule has 0 amide bonds. The molecule has 1 N–H and O–H groups in total. The van der Waals surface area contributed by atoms with Gasteiger partial charge in [-0.05, 0) is 12.1 Å². The van der Waals surface area contributed by atoms with E-state index in [-0.39, 0.29) is 0 Å². The molecule has 1 aromatic carbocycles. The topological polar surface area (TPSA) is 49.2 Å². The van der Waals surface area contributed by atoms with Gasteiger partial charge >= 0.3 is 5.76 Å². The molecule has 0 saturated heterocycles. The maximum absolute atomic E-state index is 10.9. The summed E-state index contributed by atoms with van der Waals surface area (Å²) in [6, 6.07) is 5.56. The summed E-state index contributed by atoms with van der Waals surface area (Å²) in [6.07, 6.45) is 0. The number of H-pyrrole nitrogens is 1. The van der Waals surface area contributed by atoms with Crippen LogP contribution in [-0.2, 0) is 0 Å². The van der Waals surface area contributed by atoms with Crippen LogP contribution in [0.3, 0.4) is 0 Å². The number of oxazole rings is 1. The minimum atomic E-state index is -0.429. The highest BCUT2D eigenvalue weighted by Crippen LogP contribution is 2.18. The molecule has 2 rings (SSSR count). The van der Waals surface area contributed by atoms with Crippen LogP contribution in [0, 0.1) is 0 Å². The Bertz CT molecular complexity index is 517. The van der Waals surface area contributed by atoms with Gasteiger partial charge in [0.25, 0.3) is 0 Å². The SMILES string of the molecule is CN(CCCl)c1ccc2[nH]c(=O)oc2c1. The van der Waals surface area contributed by atoms with Gasteiger partial charge in [-0.1, -0.05) is 0 Å². The van der Waals surface area contributed by atoms with E-state index in [4.69, 9.17) is 16.0 Å². The van der Waals surface area contributed by atoms with Gasteiger partial charge < -0.3 is 9.32 Å². The van der Waals surface area contributed by atoms with Gasteiger partial charge in [0.05, 0.1) is 5.52 Å². The molecule has 0 bridgehead atoms. The molecule has 1 heterocycles. The van der Waals surface area contributed by atoms with Crippen LogP contribution in [0.4, 0.5) is 5.69 Å². The van der Waals surface area contributed by atoms with Crippen LogP contribution in [0.15, 0.2) is 27.4 Å². The zero-order valence-electron chi connectivity index (χ0n) is 8.29. The Morgan fingerprint density at radius 1 is 1.53 bits per heavy atom. The summed E-state index contributed by atoms with van der Waals surface area (Å²) in [6.45, 7) is 0.752. The van der Waals surface area contributed by atoms with Crippen molar-refractivity contribution in [2.45, 2.75) is 0 Å². The number of aromatic amines is 1. The molecule has 0 unspecified atom stereocenters. The van der Waals surface area contributed by atoms with Crippen LogP contribution in [0.5, 0.6) is 0 Å². The molecule has 0 aliphatic heterocycles. The third-order valence-electron chi connectivity index (χ3n) is 2.27. The fourth-order valence-electron chi connectivity index (χ4n) is 1.43. The Morgan fingerprint density at radius 3 is 3.07 bits per heavy atom. The number of benzene rings is 1. The molecule has 5 heteroatoms. The average Bonchev–Trinajstić information content (AvgIpc) is 2.57. The van der Waals surface area contributed by atoms with Crippen molar-refractivity contribution in [3.8, 4) is 0 Å². The smallest absolute Gasteiger partial charge is 0.408 e. The molecular weight excluding hydrogens is 216 g/mol. The molecule has 0 atom stereocenters. The molecule has 0 aliphatic rings. The molecule has 4 nitrogen and oxygen atoms in total. The molecule has 1 aromatic heterocycles. The molecule has 0 saturated carbocycles. The van der Waals surface area contributed by atoms with E-state index in [2.05, 4.69) is 4.98 Å².